The average Bonchev–Trinajstić information content (AvgIpc) is 2.77. The second-order valence-corrected chi connectivity index (χ2v) is 10.1. The summed E-state index contributed by atoms with van der Waals surface area (Å²) in [5.74, 6) is -0.603. The highest BCUT2D eigenvalue weighted by atomic mass is 35.5. The van der Waals surface area contributed by atoms with E-state index >= 15 is 0 Å². The number of para-hydroxylation sites is 1. The summed E-state index contributed by atoms with van der Waals surface area (Å²) in [6.07, 6.45) is 0. The number of fused-ring (bicyclic) bond motifs is 1. The van der Waals surface area contributed by atoms with Gasteiger partial charge in [0, 0.05) is 0 Å². The zero-order chi connectivity index (χ0) is 22.3. The van der Waals surface area contributed by atoms with E-state index in [1.807, 2.05) is 6.07 Å². The summed E-state index contributed by atoms with van der Waals surface area (Å²) in [6.45, 7) is -0.296. The third-order valence-corrected chi connectivity index (χ3v) is 8.37. The first-order valence-corrected chi connectivity index (χ1v) is 11.9. The van der Waals surface area contributed by atoms with Crippen LogP contribution in [0.25, 0.3) is 0 Å². The Kier molecular flexibility index (Phi) is 6.12. The van der Waals surface area contributed by atoms with Crippen molar-refractivity contribution >= 4 is 68.2 Å². The molecule has 10 heteroatoms. The smallest absolute Gasteiger partial charge is 0.268 e. The van der Waals surface area contributed by atoms with E-state index in [0.717, 1.165) is 8.61 Å². The number of halogens is 4. The maximum absolute atomic E-state index is 13.5. The molecule has 0 bridgehead atoms. The van der Waals surface area contributed by atoms with Gasteiger partial charge < -0.3 is 0 Å². The van der Waals surface area contributed by atoms with Crippen molar-refractivity contribution in [3.8, 4) is 0 Å². The summed E-state index contributed by atoms with van der Waals surface area (Å²) in [6, 6.07) is 16.8. The predicted octanol–water partition coefficient (Wildman–Crippen LogP) is 6.21. The van der Waals surface area contributed by atoms with Crippen LogP contribution in [0.15, 0.2) is 60.7 Å². The largest absolute Gasteiger partial charge is 0.329 e. The van der Waals surface area contributed by atoms with Crippen molar-refractivity contribution in [1.29, 1.82) is 0 Å². The standard InChI is InChI=1S/C21H14Cl4N2O3S/c22-16-10-14(18(23)20(25)19(16)24)12-26-17-9-5-4-8-15(17)21(28)27(31(26,29)30)11-13-6-2-1-3-7-13/h1-10H,11-12H2. The molecule has 4 rings (SSSR count). The van der Waals surface area contributed by atoms with Gasteiger partial charge in [-0.05, 0) is 29.3 Å². The van der Waals surface area contributed by atoms with Gasteiger partial charge in [0.2, 0.25) is 0 Å². The molecular formula is C21H14Cl4N2O3S. The zero-order valence-corrected chi connectivity index (χ0v) is 19.6. The van der Waals surface area contributed by atoms with Crippen molar-refractivity contribution in [2.75, 3.05) is 4.31 Å². The minimum absolute atomic E-state index is 0.0331. The van der Waals surface area contributed by atoms with Crippen molar-refractivity contribution in [3.05, 3.63) is 97.4 Å². The second-order valence-electron chi connectivity index (χ2n) is 6.79. The molecule has 1 amide bonds. The van der Waals surface area contributed by atoms with Crippen LogP contribution in [0.5, 0.6) is 0 Å². The van der Waals surface area contributed by atoms with E-state index < -0.39 is 16.1 Å². The average molecular weight is 516 g/mol. The molecule has 3 aromatic carbocycles. The van der Waals surface area contributed by atoms with E-state index in [2.05, 4.69) is 0 Å². The third kappa shape index (κ3) is 3.99. The van der Waals surface area contributed by atoms with E-state index in [1.165, 1.54) is 6.07 Å². The fourth-order valence-electron chi connectivity index (χ4n) is 3.32. The monoisotopic (exact) mass is 514 g/mol. The van der Waals surface area contributed by atoms with Gasteiger partial charge in [-0.15, -0.1) is 0 Å². The molecule has 160 valence electrons. The van der Waals surface area contributed by atoms with Gasteiger partial charge in [-0.1, -0.05) is 88.9 Å². The van der Waals surface area contributed by atoms with Gasteiger partial charge in [0.1, 0.15) is 0 Å². The lowest BCUT2D eigenvalue weighted by molar-refractivity contribution is 0.0851. The Morgan fingerprint density at radius 3 is 2.10 bits per heavy atom. The molecule has 0 N–H and O–H groups in total. The van der Waals surface area contributed by atoms with Gasteiger partial charge in [-0.25, -0.2) is 8.61 Å². The number of carbonyl (C=O) groups is 1. The van der Waals surface area contributed by atoms with Gasteiger partial charge in [0.25, 0.3) is 5.91 Å². The van der Waals surface area contributed by atoms with E-state index in [9.17, 15) is 13.2 Å². The zero-order valence-electron chi connectivity index (χ0n) is 15.7. The highest BCUT2D eigenvalue weighted by Gasteiger charge is 2.41. The number of hydrogen-bond acceptors (Lipinski definition) is 3. The highest BCUT2D eigenvalue weighted by Crippen LogP contribution is 2.41. The third-order valence-electron chi connectivity index (χ3n) is 4.85. The lowest BCUT2D eigenvalue weighted by Crippen LogP contribution is -2.50. The number of rotatable bonds is 4. The molecule has 1 heterocycles. The molecule has 0 spiro atoms. The number of hydrogen-bond donors (Lipinski definition) is 0. The van der Waals surface area contributed by atoms with Gasteiger partial charge in [0.05, 0.1) is 44.4 Å². The van der Waals surface area contributed by atoms with Gasteiger partial charge >= 0.3 is 10.2 Å². The molecule has 0 atom stereocenters. The van der Waals surface area contributed by atoms with E-state index in [-0.39, 0.29) is 44.4 Å². The van der Waals surface area contributed by atoms with Crippen LogP contribution in [0.3, 0.4) is 0 Å². The summed E-state index contributed by atoms with van der Waals surface area (Å²) in [4.78, 5) is 13.1. The van der Waals surface area contributed by atoms with E-state index in [0.29, 0.717) is 11.1 Å². The molecule has 1 aliphatic rings. The van der Waals surface area contributed by atoms with E-state index in [1.54, 1.807) is 48.5 Å². The van der Waals surface area contributed by atoms with Crippen LogP contribution in [0.4, 0.5) is 5.69 Å². The van der Waals surface area contributed by atoms with Crippen molar-refractivity contribution in [1.82, 2.24) is 4.31 Å². The van der Waals surface area contributed by atoms with Crippen LogP contribution in [-0.2, 0) is 23.3 Å². The van der Waals surface area contributed by atoms with Crippen molar-refractivity contribution < 1.29 is 13.2 Å². The fourth-order valence-corrected chi connectivity index (χ4v) is 5.79. The molecule has 0 aromatic heterocycles. The molecule has 3 aromatic rings. The number of amides is 1. The molecule has 0 saturated carbocycles. The van der Waals surface area contributed by atoms with E-state index in [4.69, 9.17) is 46.4 Å². The Balaban J connectivity index is 1.83. The lowest BCUT2D eigenvalue weighted by atomic mass is 10.1. The Morgan fingerprint density at radius 1 is 0.742 bits per heavy atom. The first-order chi connectivity index (χ1) is 14.7. The number of anilines is 1. The summed E-state index contributed by atoms with van der Waals surface area (Å²) in [5.41, 5.74) is 1.54. The Labute approximate surface area is 199 Å². The quantitative estimate of drug-likeness (QED) is 0.306. The maximum atomic E-state index is 13.5. The van der Waals surface area contributed by atoms with Crippen LogP contribution in [0, 0.1) is 0 Å². The summed E-state index contributed by atoms with van der Waals surface area (Å²) in [5, 5.41) is 0.354. The first kappa shape index (κ1) is 22.2. The van der Waals surface area contributed by atoms with Crippen molar-refractivity contribution in [2.45, 2.75) is 13.1 Å². The minimum atomic E-state index is -4.24. The Hall–Kier alpha value is -1.96. The summed E-state index contributed by atoms with van der Waals surface area (Å²) in [7, 11) is -4.24. The molecule has 0 aliphatic carbocycles. The second kappa shape index (κ2) is 8.52. The molecule has 0 unspecified atom stereocenters. The van der Waals surface area contributed by atoms with Crippen molar-refractivity contribution in [2.24, 2.45) is 0 Å². The highest BCUT2D eigenvalue weighted by molar-refractivity contribution is 7.91. The molecular weight excluding hydrogens is 502 g/mol. The molecule has 0 radical (unpaired) electrons. The number of nitrogens with zero attached hydrogens (tertiary/aromatic N) is 2. The molecule has 0 saturated heterocycles. The van der Waals surface area contributed by atoms with Gasteiger partial charge in [-0.2, -0.15) is 8.42 Å². The normalized spacial score (nSPS) is 15.2. The SMILES string of the molecule is O=C1c2ccccc2N(Cc2cc(Cl)c(Cl)c(Cl)c2Cl)S(=O)(=O)N1Cc1ccccc1. The lowest BCUT2D eigenvalue weighted by Gasteiger charge is -2.37. The maximum Gasteiger partial charge on any atom is 0.329 e. The minimum Gasteiger partial charge on any atom is -0.268 e. The summed E-state index contributed by atoms with van der Waals surface area (Å²) < 4.78 is 29.0. The van der Waals surface area contributed by atoms with Crippen molar-refractivity contribution in [3.63, 3.8) is 0 Å². The number of benzene rings is 3. The topological polar surface area (TPSA) is 57.7 Å². The summed E-state index contributed by atoms with van der Waals surface area (Å²) >= 11 is 24.6. The van der Waals surface area contributed by atoms with Gasteiger partial charge in [-0.3, -0.25) is 4.79 Å². The Bertz CT molecular complexity index is 1280. The Morgan fingerprint density at radius 2 is 1.39 bits per heavy atom. The van der Waals surface area contributed by atoms with Crippen LogP contribution >= 0.6 is 46.4 Å². The predicted molar refractivity (Wildman–Crippen MR) is 124 cm³/mol. The van der Waals surface area contributed by atoms with Crippen LogP contribution in [0.2, 0.25) is 20.1 Å². The van der Waals surface area contributed by atoms with Crippen LogP contribution in [0.1, 0.15) is 21.5 Å². The fraction of sp³-hybridized carbons (Fsp3) is 0.0952. The molecule has 0 fully saturated rings. The molecule has 31 heavy (non-hydrogen) atoms. The van der Waals surface area contributed by atoms with Gasteiger partial charge in [0.15, 0.2) is 0 Å². The van der Waals surface area contributed by atoms with Crippen LogP contribution < -0.4 is 4.31 Å². The molecule has 5 nitrogen and oxygen atoms in total. The van der Waals surface area contributed by atoms with Crippen LogP contribution in [-0.4, -0.2) is 18.6 Å². The first-order valence-electron chi connectivity index (χ1n) is 9.01. The molecule has 1 aliphatic heterocycles. The number of carbonyl (C=O) groups excluding carboxylic acids is 1.